The summed E-state index contributed by atoms with van der Waals surface area (Å²) in [5, 5.41) is 0. The normalized spacial score (nSPS) is 29.1. The first-order chi connectivity index (χ1) is 13.4. The number of anilines is 1. The molecule has 2 aliphatic heterocycles. The highest BCUT2D eigenvalue weighted by Gasteiger charge is 2.51. The molecule has 1 saturated carbocycles. The zero-order valence-corrected chi connectivity index (χ0v) is 17.8. The number of sulfone groups is 1. The van der Waals surface area contributed by atoms with Crippen LogP contribution in [0.4, 0.5) is 5.69 Å². The van der Waals surface area contributed by atoms with Gasteiger partial charge in [-0.3, -0.25) is 9.69 Å². The van der Waals surface area contributed by atoms with Gasteiger partial charge in [-0.2, -0.15) is 0 Å². The van der Waals surface area contributed by atoms with Crippen LogP contribution in [-0.2, 0) is 14.6 Å². The van der Waals surface area contributed by atoms with E-state index in [4.69, 9.17) is 0 Å². The van der Waals surface area contributed by atoms with Crippen molar-refractivity contribution in [1.29, 1.82) is 0 Å². The Morgan fingerprint density at radius 1 is 0.929 bits per heavy atom. The molecule has 28 heavy (non-hydrogen) atoms. The van der Waals surface area contributed by atoms with Crippen molar-refractivity contribution in [3.63, 3.8) is 0 Å². The predicted octanol–water partition coefficient (Wildman–Crippen LogP) is 3.35. The summed E-state index contributed by atoms with van der Waals surface area (Å²) >= 11 is 0. The summed E-state index contributed by atoms with van der Waals surface area (Å²) in [6.07, 6.45) is 7.02. The molecule has 0 unspecified atom stereocenters. The molecule has 4 rings (SSSR count). The number of amides is 1. The summed E-state index contributed by atoms with van der Waals surface area (Å²) < 4.78 is 25.1. The number of benzene rings is 1. The Morgan fingerprint density at radius 3 is 2.14 bits per heavy atom. The Bertz CT molecular complexity index is 811. The predicted molar refractivity (Wildman–Crippen MR) is 112 cm³/mol. The molecule has 1 aromatic carbocycles. The number of nitrogens with zero attached hydrogens (tertiary/aromatic N) is 2. The third-order valence-electron chi connectivity index (χ3n) is 6.77. The second-order valence-electron chi connectivity index (χ2n) is 9.04. The van der Waals surface area contributed by atoms with E-state index < -0.39 is 9.84 Å². The monoisotopic (exact) mass is 404 g/mol. The van der Waals surface area contributed by atoms with E-state index in [0.717, 1.165) is 18.5 Å². The Morgan fingerprint density at radius 2 is 1.54 bits per heavy atom. The SMILES string of the molecule is CC(C)c1ccc(N2C(=O)CN(C3CCCCCC3)[C@H]3CS(=O)(=O)C[C@@H]32)cc1. The minimum Gasteiger partial charge on any atom is -0.306 e. The number of fused-ring (bicyclic) bond motifs is 1. The molecule has 5 nitrogen and oxygen atoms in total. The Kier molecular flexibility index (Phi) is 5.53. The highest BCUT2D eigenvalue weighted by molar-refractivity contribution is 7.91. The number of hydrogen-bond acceptors (Lipinski definition) is 4. The number of piperazine rings is 1. The summed E-state index contributed by atoms with van der Waals surface area (Å²) in [4.78, 5) is 17.2. The van der Waals surface area contributed by atoms with Gasteiger partial charge < -0.3 is 4.90 Å². The van der Waals surface area contributed by atoms with E-state index in [1.807, 2.05) is 12.1 Å². The molecule has 1 aliphatic carbocycles. The Labute approximate surface area is 169 Å². The maximum atomic E-state index is 13.2. The van der Waals surface area contributed by atoms with Gasteiger partial charge >= 0.3 is 0 Å². The lowest BCUT2D eigenvalue weighted by molar-refractivity contribution is -0.124. The molecule has 2 atom stereocenters. The fraction of sp³-hybridized carbons (Fsp3) is 0.682. The first kappa shape index (κ1) is 19.9. The van der Waals surface area contributed by atoms with Crippen LogP contribution in [0.25, 0.3) is 0 Å². The van der Waals surface area contributed by atoms with Gasteiger partial charge in [0.05, 0.1) is 24.1 Å². The van der Waals surface area contributed by atoms with Crippen molar-refractivity contribution >= 4 is 21.4 Å². The minimum absolute atomic E-state index is 0.0416. The van der Waals surface area contributed by atoms with E-state index in [9.17, 15) is 13.2 Å². The zero-order valence-electron chi connectivity index (χ0n) is 17.0. The quantitative estimate of drug-likeness (QED) is 0.725. The van der Waals surface area contributed by atoms with E-state index in [-0.39, 0.29) is 29.5 Å². The van der Waals surface area contributed by atoms with Gasteiger partial charge in [0.25, 0.3) is 0 Å². The molecule has 2 saturated heterocycles. The molecule has 3 fully saturated rings. The van der Waals surface area contributed by atoms with Crippen molar-refractivity contribution < 1.29 is 13.2 Å². The molecule has 154 valence electrons. The summed E-state index contributed by atoms with van der Waals surface area (Å²) in [6, 6.07) is 8.09. The average molecular weight is 405 g/mol. The molecule has 0 bridgehead atoms. The number of rotatable bonds is 3. The molecule has 1 aromatic rings. The highest BCUT2D eigenvalue weighted by Crippen LogP contribution is 2.35. The van der Waals surface area contributed by atoms with Crippen molar-refractivity contribution in [2.75, 3.05) is 23.0 Å². The van der Waals surface area contributed by atoms with Crippen molar-refractivity contribution in [1.82, 2.24) is 4.90 Å². The lowest BCUT2D eigenvalue weighted by Crippen LogP contribution is -2.64. The number of carbonyl (C=O) groups is 1. The third kappa shape index (κ3) is 3.86. The first-order valence-electron chi connectivity index (χ1n) is 10.7. The molecular formula is C22H32N2O3S. The van der Waals surface area contributed by atoms with Crippen LogP contribution in [0.3, 0.4) is 0 Å². The van der Waals surface area contributed by atoms with Gasteiger partial charge in [0.1, 0.15) is 0 Å². The first-order valence-corrected chi connectivity index (χ1v) is 12.6. The van der Waals surface area contributed by atoms with Gasteiger partial charge in [-0.05, 0) is 36.5 Å². The van der Waals surface area contributed by atoms with Crippen LogP contribution in [0.1, 0.15) is 63.9 Å². The molecule has 3 aliphatic rings. The fourth-order valence-corrected chi connectivity index (χ4v) is 7.21. The largest absolute Gasteiger partial charge is 0.306 e. The average Bonchev–Trinajstić information content (AvgIpc) is 2.83. The molecule has 1 amide bonds. The van der Waals surface area contributed by atoms with Crippen LogP contribution >= 0.6 is 0 Å². The van der Waals surface area contributed by atoms with Crippen LogP contribution < -0.4 is 4.90 Å². The van der Waals surface area contributed by atoms with Gasteiger partial charge in [-0.25, -0.2) is 8.42 Å². The molecule has 0 aromatic heterocycles. The molecule has 0 radical (unpaired) electrons. The van der Waals surface area contributed by atoms with Crippen LogP contribution in [-0.4, -0.2) is 55.4 Å². The van der Waals surface area contributed by atoms with Crippen LogP contribution in [0, 0.1) is 0 Å². The van der Waals surface area contributed by atoms with Crippen LogP contribution in [0.5, 0.6) is 0 Å². The van der Waals surface area contributed by atoms with Crippen LogP contribution in [0.15, 0.2) is 24.3 Å². The lowest BCUT2D eigenvalue weighted by atomic mass is 9.97. The molecular weight excluding hydrogens is 372 g/mol. The van der Waals surface area contributed by atoms with Crippen molar-refractivity contribution in [3.8, 4) is 0 Å². The van der Waals surface area contributed by atoms with Gasteiger partial charge in [0.2, 0.25) is 5.91 Å². The van der Waals surface area contributed by atoms with Crippen molar-refractivity contribution in [2.45, 2.75) is 76.4 Å². The Balaban J connectivity index is 1.64. The van der Waals surface area contributed by atoms with E-state index in [0.29, 0.717) is 18.5 Å². The van der Waals surface area contributed by atoms with E-state index in [2.05, 4.69) is 30.9 Å². The van der Waals surface area contributed by atoms with E-state index in [1.54, 1.807) is 4.90 Å². The number of carbonyl (C=O) groups excluding carboxylic acids is 1. The topological polar surface area (TPSA) is 57.7 Å². The molecule has 0 N–H and O–H groups in total. The summed E-state index contributed by atoms with van der Waals surface area (Å²) in [5.74, 6) is 0.733. The van der Waals surface area contributed by atoms with Gasteiger partial charge in [0.15, 0.2) is 9.84 Å². The maximum absolute atomic E-state index is 13.2. The molecule has 6 heteroatoms. The fourth-order valence-electron chi connectivity index (χ4n) is 5.25. The zero-order chi connectivity index (χ0) is 19.9. The van der Waals surface area contributed by atoms with Gasteiger partial charge in [-0.1, -0.05) is 51.7 Å². The molecule has 2 heterocycles. The molecule has 0 spiro atoms. The van der Waals surface area contributed by atoms with Crippen LogP contribution in [0.2, 0.25) is 0 Å². The van der Waals surface area contributed by atoms with Gasteiger partial charge in [0, 0.05) is 17.8 Å². The van der Waals surface area contributed by atoms with E-state index >= 15 is 0 Å². The Hall–Kier alpha value is -1.40. The summed E-state index contributed by atoms with van der Waals surface area (Å²) in [5.41, 5.74) is 2.06. The third-order valence-corrected chi connectivity index (χ3v) is 8.47. The summed E-state index contributed by atoms with van der Waals surface area (Å²) in [7, 11) is -3.13. The lowest BCUT2D eigenvalue weighted by Gasteiger charge is -2.46. The number of hydrogen-bond donors (Lipinski definition) is 0. The van der Waals surface area contributed by atoms with E-state index in [1.165, 1.54) is 31.2 Å². The second-order valence-corrected chi connectivity index (χ2v) is 11.2. The second kappa shape index (κ2) is 7.79. The standard InChI is InChI=1S/C22H32N2O3S/c1-16(2)17-9-11-19(12-10-17)24-21-15-28(26,27)14-20(21)23(13-22(24)25)18-7-5-3-4-6-8-18/h9-12,16,18,20-21H,3-8,13-15H2,1-2H3/t20-,21-/m0/s1. The van der Waals surface area contributed by atoms with Crippen molar-refractivity contribution in [3.05, 3.63) is 29.8 Å². The minimum atomic E-state index is -3.13. The highest BCUT2D eigenvalue weighted by atomic mass is 32.2. The van der Waals surface area contributed by atoms with Gasteiger partial charge in [-0.15, -0.1) is 0 Å². The van der Waals surface area contributed by atoms with Crippen molar-refractivity contribution in [2.24, 2.45) is 0 Å². The smallest absolute Gasteiger partial charge is 0.241 e. The summed E-state index contributed by atoms with van der Waals surface area (Å²) in [6.45, 7) is 4.63. The maximum Gasteiger partial charge on any atom is 0.241 e.